The molecule has 0 saturated carbocycles. The second-order valence-corrected chi connectivity index (χ2v) is 4.55. The Morgan fingerprint density at radius 1 is 1.31 bits per heavy atom. The number of hydrogen-bond acceptors (Lipinski definition) is 2. The Morgan fingerprint density at radius 2 is 2.15 bits per heavy atom. The molecule has 0 spiro atoms. The zero-order valence-corrected chi connectivity index (χ0v) is 9.10. The quantitative estimate of drug-likeness (QED) is 0.696. The lowest BCUT2D eigenvalue weighted by molar-refractivity contribution is 0.449. The molecule has 1 rings (SSSR count). The monoisotopic (exact) mass is 184 g/mol. The van der Waals surface area contributed by atoms with Gasteiger partial charge in [0, 0.05) is 12.6 Å². The van der Waals surface area contributed by atoms with Crippen LogP contribution in [0.25, 0.3) is 0 Å². The summed E-state index contributed by atoms with van der Waals surface area (Å²) in [6.07, 6.45) is 5.53. The Labute approximate surface area is 82.5 Å². The van der Waals surface area contributed by atoms with Gasteiger partial charge in [0.2, 0.25) is 0 Å². The summed E-state index contributed by atoms with van der Waals surface area (Å²) in [6, 6.07) is 0.723. The van der Waals surface area contributed by atoms with Crippen LogP contribution in [0.5, 0.6) is 0 Å². The molecule has 0 bridgehead atoms. The van der Waals surface area contributed by atoms with Crippen LogP contribution in [0, 0.1) is 5.92 Å². The summed E-state index contributed by atoms with van der Waals surface area (Å²) < 4.78 is 0. The van der Waals surface area contributed by atoms with Gasteiger partial charge in [-0.25, -0.2) is 0 Å². The van der Waals surface area contributed by atoms with Crippen LogP contribution in [0.15, 0.2) is 0 Å². The lowest BCUT2D eigenvalue weighted by Gasteiger charge is -2.17. The van der Waals surface area contributed by atoms with Crippen LogP contribution in [-0.2, 0) is 0 Å². The molecule has 13 heavy (non-hydrogen) atoms. The average molecular weight is 184 g/mol. The van der Waals surface area contributed by atoms with Crippen LogP contribution in [0.3, 0.4) is 0 Å². The summed E-state index contributed by atoms with van der Waals surface area (Å²) in [7, 11) is 0. The predicted octanol–water partition coefficient (Wildman–Crippen LogP) is 1.76. The Hall–Kier alpha value is -0.0800. The van der Waals surface area contributed by atoms with Gasteiger partial charge in [-0.15, -0.1) is 0 Å². The highest BCUT2D eigenvalue weighted by molar-refractivity contribution is 4.72. The highest BCUT2D eigenvalue weighted by Crippen LogP contribution is 2.07. The van der Waals surface area contributed by atoms with Gasteiger partial charge in [-0.2, -0.15) is 0 Å². The van der Waals surface area contributed by atoms with Gasteiger partial charge in [-0.3, -0.25) is 0 Å². The molecule has 1 unspecified atom stereocenters. The summed E-state index contributed by atoms with van der Waals surface area (Å²) in [6.45, 7) is 8.03. The van der Waals surface area contributed by atoms with E-state index in [9.17, 15) is 0 Å². The van der Waals surface area contributed by atoms with E-state index in [-0.39, 0.29) is 0 Å². The van der Waals surface area contributed by atoms with Crippen molar-refractivity contribution >= 4 is 0 Å². The maximum atomic E-state index is 3.59. The molecule has 78 valence electrons. The molecule has 1 heterocycles. The first-order valence-electron chi connectivity index (χ1n) is 5.73. The SMILES string of the molecule is CC(C)CNCC1CCCCCN1. The van der Waals surface area contributed by atoms with E-state index in [0.717, 1.165) is 25.0 Å². The fourth-order valence-corrected chi connectivity index (χ4v) is 1.82. The molecule has 0 aliphatic carbocycles. The summed E-state index contributed by atoms with van der Waals surface area (Å²) in [5.74, 6) is 0.769. The maximum absolute atomic E-state index is 3.59. The fourth-order valence-electron chi connectivity index (χ4n) is 1.82. The normalized spacial score (nSPS) is 24.7. The second-order valence-electron chi connectivity index (χ2n) is 4.55. The van der Waals surface area contributed by atoms with E-state index < -0.39 is 0 Å². The van der Waals surface area contributed by atoms with E-state index in [1.807, 2.05) is 0 Å². The molecule has 0 aromatic heterocycles. The van der Waals surface area contributed by atoms with Gasteiger partial charge in [0.1, 0.15) is 0 Å². The van der Waals surface area contributed by atoms with Gasteiger partial charge in [0.05, 0.1) is 0 Å². The minimum absolute atomic E-state index is 0.723. The van der Waals surface area contributed by atoms with E-state index >= 15 is 0 Å². The van der Waals surface area contributed by atoms with E-state index in [1.165, 1.54) is 32.2 Å². The topological polar surface area (TPSA) is 24.1 Å². The first-order valence-corrected chi connectivity index (χ1v) is 5.73. The van der Waals surface area contributed by atoms with Crippen LogP contribution >= 0.6 is 0 Å². The molecule has 1 aliphatic rings. The van der Waals surface area contributed by atoms with Crippen molar-refractivity contribution in [1.29, 1.82) is 0 Å². The van der Waals surface area contributed by atoms with Crippen molar-refractivity contribution in [3.05, 3.63) is 0 Å². The molecule has 0 radical (unpaired) electrons. The van der Waals surface area contributed by atoms with E-state index in [4.69, 9.17) is 0 Å². The maximum Gasteiger partial charge on any atom is 0.0192 e. The molecule has 1 aliphatic heterocycles. The van der Waals surface area contributed by atoms with Crippen molar-refractivity contribution < 1.29 is 0 Å². The predicted molar refractivity (Wildman–Crippen MR) is 58.0 cm³/mol. The van der Waals surface area contributed by atoms with Crippen molar-refractivity contribution in [3.63, 3.8) is 0 Å². The number of nitrogens with one attached hydrogen (secondary N) is 2. The van der Waals surface area contributed by atoms with E-state index in [0.29, 0.717) is 0 Å². The first kappa shape index (κ1) is 11.0. The van der Waals surface area contributed by atoms with Gasteiger partial charge in [0.15, 0.2) is 0 Å². The van der Waals surface area contributed by atoms with E-state index in [1.54, 1.807) is 0 Å². The Kier molecular flexibility index (Phi) is 5.40. The average Bonchev–Trinajstić information content (AvgIpc) is 2.32. The van der Waals surface area contributed by atoms with Crippen molar-refractivity contribution in [3.8, 4) is 0 Å². The molecule has 1 fully saturated rings. The molecule has 1 saturated heterocycles. The van der Waals surface area contributed by atoms with Crippen LogP contribution in [0.4, 0.5) is 0 Å². The lowest BCUT2D eigenvalue weighted by Crippen LogP contribution is -2.39. The van der Waals surface area contributed by atoms with Crippen molar-refractivity contribution in [2.45, 2.75) is 45.6 Å². The third kappa shape index (κ3) is 5.27. The summed E-state index contributed by atoms with van der Waals surface area (Å²) in [5.41, 5.74) is 0. The van der Waals surface area contributed by atoms with Crippen LogP contribution in [0.2, 0.25) is 0 Å². The van der Waals surface area contributed by atoms with Crippen molar-refractivity contribution in [2.75, 3.05) is 19.6 Å². The minimum atomic E-state index is 0.723. The molecule has 2 nitrogen and oxygen atoms in total. The molecule has 1 atom stereocenters. The van der Waals surface area contributed by atoms with Gasteiger partial charge in [0.25, 0.3) is 0 Å². The Morgan fingerprint density at radius 3 is 2.92 bits per heavy atom. The number of rotatable bonds is 4. The zero-order chi connectivity index (χ0) is 9.52. The summed E-state index contributed by atoms with van der Waals surface area (Å²) in [4.78, 5) is 0. The lowest BCUT2D eigenvalue weighted by atomic mass is 10.1. The highest BCUT2D eigenvalue weighted by Gasteiger charge is 2.10. The van der Waals surface area contributed by atoms with Gasteiger partial charge >= 0.3 is 0 Å². The first-order chi connectivity index (χ1) is 6.29. The summed E-state index contributed by atoms with van der Waals surface area (Å²) >= 11 is 0. The standard InChI is InChI=1S/C11H24N2/c1-10(2)8-12-9-11-6-4-3-5-7-13-11/h10-13H,3-9H2,1-2H3. The van der Waals surface area contributed by atoms with Crippen molar-refractivity contribution in [1.82, 2.24) is 10.6 Å². The highest BCUT2D eigenvalue weighted by atomic mass is 15.0. The van der Waals surface area contributed by atoms with Crippen LogP contribution in [-0.4, -0.2) is 25.7 Å². The molecule has 2 N–H and O–H groups in total. The second kappa shape index (κ2) is 6.39. The summed E-state index contributed by atoms with van der Waals surface area (Å²) in [5, 5.41) is 7.11. The Bertz CT molecular complexity index is 115. The molecule has 0 amide bonds. The van der Waals surface area contributed by atoms with E-state index in [2.05, 4.69) is 24.5 Å². The van der Waals surface area contributed by atoms with Gasteiger partial charge in [-0.05, 0) is 31.8 Å². The van der Waals surface area contributed by atoms with Gasteiger partial charge in [-0.1, -0.05) is 26.7 Å². The van der Waals surface area contributed by atoms with Crippen LogP contribution < -0.4 is 10.6 Å². The number of hydrogen-bond donors (Lipinski definition) is 2. The molecule has 0 aromatic carbocycles. The van der Waals surface area contributed by atoms with Crippen molar-refractivity contribution in [2.24, 2.45) is 5.92 Å². The molecular weight excluding hydrogens is 160 g/mol. The Balaban J connectivity index is 2.05. The fraction of sp³-hybridized carbons (Fsp3) is 1.00. The largest absolute Gasteiger partial charge is 0.315 e. The molecule has 2 heteroatoms. The third-order valence-electron chi connectivity index (χ3n) is 2.61. The smallest absolute Gasteiger partial charge is 0.0192 e. The zero-order valence-electron chi connectivity index (χ0n) is 9.10. The van der Waals surface area contributed by atoms with Crippen LogP contribution in [0.1, 0.15) is 39.5 Å². The van der Waals surface area contributed by atoms with Gasteiger partial charge < -0.3 is 10.6 Å². The molecule has 0 aromatic rings. The minimum Gasteiger partial charge on any atom is -0.315 e. The third-order valence-corrected chi connectivity index (χ3v) is 2.61. The molecular formula is C11H24N2.